The van der Waals surface area contributed by atoms with E-state index in [-0.39, 0.29) is 34.6 Å². The van der Waals surface area contributed by atoms with Crippen molar-refractivity contribution in [3.63, 3.8) is 0 Å². The van der Waals surface area contributed by atoms with Crippen molar-refractivity contribution in [1.82, 2.24) is 5.43 Å². The number of nitro benzene ring substituents is 1. The van der Waals surface area contributed by atoms with E-state index in [2.05, 4.69) is 10.5 Å². The normalized spacial score (nSPS) is 11.4. The van der Waals surface area contributed by atoms with Crippen molar-refractivity contribution >= 4 is 38.7 Å². The molecule has 0 radical (unpaired) electrons. The van der Waals surface area contributed by atoms with E-state index in [4.69, 9.17) is 8.92 Å². The van der Waals surface area contributed by atoms with E-state index in [1.54, 1.807) is 19.1 Å². The molecule has 188 valence electrons. The fourth-order valence-corrected chi connectivity index (χ4v) is 4.43. The predicted molar refractivity (Wildman–Crippen MR) is 138 cm³/mol. The maximum atomic E-state index is 12.7. The van der Waals surface area contributed by atoms with Gasteiger partial charge in [-0.25, -0.2) is 5.43 Å². The lowest BCUT2D eigenvalue weighted by Gasteiger charge is -2.12. The molecular weight excluding hydrogens is 498 g/mol. The van der Waals surface area contributed by atoms with E-state index < -0.39 is 15.0 Å². The van der Waals surface area contributed by atoms with Crippen LogP contribution < -0.4 is 14.3 Å². The van der Waals surface area contributed by atoms with Gasteiger partial charge in [0.15, 0.2) is 11.5 Å². The number of hydrazone groups is 1. The molecule has 0 fully saturated rings. The zero-order chi connectivity index (χ0) is 26.4. The molecule has 4 aromatic carbocycles. The van der Waals surface area contributed by atoms with Gasteiger partial charge in [0.1, 0.15) is 4.90 Å². The number of fused-ring (bicyclic) bond motifs is 1. The highest BCUT2D eigenvalue weighted by molar-refractivity contribution is 7.87. The van der Waals surface area contributed by atoms with E-state index >= 15 is 0 Å². The maximum Gasteiger partial charge on any atom is 0.339 e. The monoisotopic (exact) mass is 519 g/mol. The predicted octanol–water partition coefficient (Wildman–Crippen LogP) is 4.68. The third kappa shape index (κ3) is 5.90. The average Bonchev–Trinajstić information content (AvgIpc) is 2.89. The number of benzene rings is 4. The third-order valence-corrected chi connectivity index (χ3v) is 6.47. The topological polar surface area (TPSA) is 137 Å². The maximum absolute atomic E-state index is 12.7. The molecule has 0 unspecified atom stereocenters. The lowest BCUT2D eigenvalue weighted by Crippen LogP contribution is -2.17. The number of hydrogen-bond donors (Lipinski definition) is 1. The number of amides is 1. The Bertz CT molecular complexity index is 1600. The Balaban J connectivity index is 1.50. The molecule has 10 nitrogen and oxygen atoms in total. The number of rotatable bonds is 9. The lowest BCUT2D eigenvalue weighted by atomic mass is 10.0. The molecule has 0 aliphatic carbocycles. The van der Waals surface area contributed by atoms with Crippen molar-refractivity contribution in [3.05, 3.63) is 106 Å². The lowest BCUT2D eigenvalue weighted by molar-refractivity contribution is -0.384. The quantitative estimate of drug-likeness (QED) is 0.147. The number of hydrogen-bond acceptors (Lipinski definition) is 8. The third-order valence-electron chi connectivity index (χ3n) is 5.22. The summed E-state index contributed by atoms with van der Waals surface area (Å²) in [6.07, 6.45) is 1.39. The fraction of sp³-hybridized carbons (Fsp3) is 0.0769. The Morgan fingerprint density at radius 1 is 1.00 bits per heavy atom. The first-order valence-electron chi connectivity index (χ1n) is 11.1. The molecule has 0 heterocycles. The number of nitrogens with zero attached hydrogens (tertiary/aromatic N) is 2. The van der Waals surface area contributed by atoms with Crippen LogP contribution in [0.5, 0.6) is 11.5 Å². The van der Waals surface area contributed by atoms with Gasteiger partial charge in [0.2, 0.25) is 0 Å². The zero-order valence-electron chi connectivity index (χ0n) is 19.5. The SMILES string of the molecule is CCOc1cc(C=NNC(=O)c2cccc3ccccc23)ccc1OS(=O)(=O)c1ccc([N+](=O)[O-])cc1. The highest BCUT2D eigenvalue weighted by atomic mass is 32.2. The Morgan fingerprint density at radius 3 is 2.46 bits per heavy atom. The van der Waals surface area contributed by atoms with Crippen molar-refractivity contribution in [2.75, 3.05) is 6.61 Å². The number of nitro groups is 1. The molecule has 4 aromatic rings. The van der Waals surface area contributed by atoms with Crippen molar-refractivity contribution in [1.29, 1.82) is 0 Å². The van der Waals surface area contributed by atoms with E-state index in [0.29, 0.717) is 11.1 Å². The highest BCUT2D eigenvalue weighted by Crippen LogP contribution is 2.31. The summed E-state index contributed by atoms with van der Waals surface area (Å²) < 4.78 is 36.1. The van der Waals surface area contributed by atoms with Crippen LogP contribution in [0.1, 0.15) is 22.8 Å². The van der Waals surface area contributed by atoms with Crippen LogP contribution in [0, 0.1) is 10.1 Å². The second-order valence-electron chi connectivity index (χ2n) is 7.65. The number of nitrogens with one attached hydrogen (secondary N) is 1. The Labute approximate surface area is 212 Å². The van der Waals surface area contributed by atoms with Gasteiger partial charge in [0.25, 0.3) is 11.6 Å². The molecule has 0 saturated heterocycles. The van der Waals surface area contributed by atoms with Crippen LogP contribution in [0.4, 0.5) is 5.69 Å². The minimum atomic E-state index is -4.28. The van der Waals surface area contributed by atoms with Crippen LogP contribution in [0.25, 0.3) is 10.8 Å². The van der Waals surface area contributed by atoms with E-state index in [1.165, 1.54) is 24.4 Å². The Kier molecular flexibility index (Phi) is 7.44. The Hall–Kier alpha value is -4.77. The molecule has 0 saturated carbocycles. The molecule has 11 heteroatoms. The van der Waals surface area contributed by atoms with Crippen LogP contribution in [-0.2, 0) is 10.1 Å². The van der Waals surface area contributed by atoms with Gasteiger partial charge in [-0.15, -0.1) is 0 Å². The van der Waals surface area contributed by atoms with Gasteiger partial charge in [-0.05, 0) is 59.7 Å². The van der Waals surface area contributed by atoms with Gasteiger partial charge >= 0.3 is 10.1 Å². The number of carbonyl (C=O) groups is 1. The van der Waals surface area contributed by atoms with Crippen molar-refractivity contribution < 1.29 is 27.1 Å². The van der Waals surface area contributed by atoms with Gasteiger partial charge in [-0.3, -0.25) is 14.9 Å². The van der Waals surface area contributed by atoms with E-state index in [9.17, 15) is 23.3 Å². The smallest absolute Gasteiger partial charge is 0.339 e. The zero-order valence-corrected chi connectivity index (χ0v) is 20.3. The largest absolute Gasteiger partial charge is 0.490 e. The molecule has 0 aliphatic rings. The molecule has 1 N–H and O–H groups in total. The van der Waals surface area contributed by atoms with Crippen molar-refractivity contribution in [2.45, 2.75) is 11.8 Å². The number of non-ortho nitro benzene ring substituents is 1. The number of carbonyl (C=O) groups excluding carboxylic acids is 1. The summed E-state index contributed by atoms with van der Waals surface area (Å²) in [7, 11) is -4.28. The minimum Gasteiger partial charge on any atom is -0.490 e. The summed E-state index contributed by atoms with van der Waals surface area (Å²) >= 11 is 0. The summed E-state index contributed by atoms with van der Waals surface area (Å²) in [5.74, 6) is -0.318. The molecule has 1 amide bonds. The summed E-state index contributed by atoms with van der Waals surface area (Å²) in [5.41, 5.74) is 3.24. The molecule has 0 aromatic heterocycles. The molecular formula is C26H21N3O7S. The van der Waals surface area contributed by atoms with E-state index in [1.807, 2.05) is 30.3 Å². The second-order valence-corrected chi connectivity index (χ2v) is 9.20. The first-order valence-corrected chi connectivity index (χ1v) is 12.5. The average molecular weight is 520 g/mol. The molecule has 0 aliphatic heterocycles. The van der Waals surface area contributed by atoms with Gasteiger partial charge in [0, 0.05) is 17.7 Å². The van der Waals surface area contributed by atoms with Crippen molar-refractivity contribution in [3.8, 4) is 11.5 Å². The second kappa shape index (κ2) is 10.9. The molecule has 0 atom stereocenters. The van der Waals surface area contributed by atoms with Crippen LogP contribution in [-0.4, -0.2) is 32.1 Å². The van der Waals surface area contributed by atoms with Gasteiger partial charge < -0.3 is 8.92 Å². The standard InChI is InChI=1S/C26H21N3O7S/c1-2-35-25-16-18(17-27-28-26(30)23-9-5-7-19-6-3-4-8-22(19)23)10-15-24(25)36-37(33,34)21-13-11-20(12-14-21)29(31)32/h3-17H,2H2,1H3,(H,28,30). The van der Waals surface area contributed by atoms with Crippen LogP contribution in [0.3, 0.4) is 0 Å². The summed E-state index contributed by atoms with van der Waals surface area (Å²) in [6.45, 7) is 1.95. The minimum absolute atomic E-state index is 0.0721. The molecule has 4 rings (SSSR count). The first-order chi connectivity index (χ1) is 17.8. The van der Waals surface area contributed by atoms with Crippen LogP contribution in [0.2, 0.25) is 0 Å². The van der Waals surface area contributed by atoms with Gasteiger partial charge in [0.05, 0.1) is 17.7 Å². The Morgan fingerprint density at radius 2 is 1.73 bits per heavy atom. The molecule has 0 spiro atoms. The summed E-state index contributed by atoms with van der Waals surface area (Å²) in [5, 5.41) is 16.5. The van der Waals surface area contributed by atoms with Gasteiger partial charge in [-0.2, -0.15) is 13.5 Å². The molecule has 0 bridgehead atoms. The summed E-state index contributed by atoms with van der Waals surface area (Å²) in [4.78, 5) is 22.6. The van der Waals surface area contributed by atoms with E-state index in [0.717, 1.165) is 35.0 Å². The van der Waals surface area contributed by atoms with Crippen LogP contribution in [0.15, 0.2) is 94.9 Å². The molecule has 37 heavy (non-hydrogen) atoms. The summed E-state index contributed by atoms with van der Waals surface area (Å²) in [6, 6.07) is 21.7. The number of ether oxygens (including phenoxy) is 1. The van der Waals surface area contributed by atoms with Crippen molar-refractivity contribution in [2.24, 2.45) is 5.10 Å². The fourth-order valence-electron chi connectivity index (χ4n) is 3.49. The van der Waals surface area contributed by atoms with Gasteiger partial charge in [-0.1, -0.05) is 36.4 Å². The first kappa shape index (κ1) is 25.3. The highest BCUT2D eigenvalue weighted by Gasteiger charge is 2.21. The van der Waals surface area contributed by atoms with Crippen LogP contribution >= 0.6 is 0 Å².